The molecule has 2 rings (SSSR count). The second-order valence-corrected chi connectivity index (χ2v) is 5.62. The molecule has 1 nitrogen and oxygen atoms in total. The molecule has 0 aromatic rings. The van der Waals surface area contributed by atoms with Crippen molar-refractivity contribution in [3.63, 3.8) is 0 Å². The van der Waals surface area contributed by atoms with Gasteiger partial charge in [0.05, 0.1) is 0 Å². The van der Waals surface area contributed by atoms with Gasteiger partial charge in [0.1, 0.15) is 5.78 Å². The fourth-order valence-corrected chi connectivity index (χ4v) is 3.67. The molecule has 2 fully saturated rings. The van der Waals surface area contributed by atoms with E-state index >= 15 is 0 Å². The Morgan fingerprint density at radius 1 is 1.40 bits per heavy atom. The van der Waals surface area contributed by atoms with E-state index in [1.165, 1.54) is 12.8 Å². The number of allylic oxidation sites excluding steroid dienone is 1. The van der Waals surface area contributed by atoms with Crippen molar-refractivity contribution in [2.75, 3.05) is 0 Å². The molecule has 84 valence electrons. The van der Waals surface area contributed by atoms with Crippen LogP contribution in [0.15, 0.2) is 12.7 Å². The summed E-state index contributed by atoms with van der Waals surface area (Å²) < 4.78 is 0. The van der Waals surface area contributed by atoms with Gasteiger partial charge in [-0.1, -0.05) is 19.9 Å². The van der Waals surface area contributed by atoms with E-state index in [0.717, 1.165) is 19.3 Å². The molecule has 2 saturated carbocycles. The van der Waals surface area contributed by atoms with Crippen LogP contribution in [0.3, 0.4) is 0 Å². The number of hydrogen-bond donors (Lipinski definition) is 0. The molecule has 0 aromatic carbocycles. The van der Waals surface area contributed by atoms with Gasteiger partial charge >= 0.3 is 0 Å². The highest BCUT2D eigenvalue weighted by molar-refractivity contribution is 5.82. The van der Waals surface area contributed by atoms with Gasteiger partial charge in [0.15, 0.2) is 0 Å². The predicted molar refractivity (Wildman–Crippen MR) is 62.5 cm³/mol. The summed E-state index contributed by atoms with van der Waals surface area (Å²) in [4.78, 5) is 11.9. The van der Waals surface area contributed by atoms with Gasteiger partial charge in [0.2, 0.25) is 0 Å². The maximum Gasteiger partial charge on any atom is 0.136 e. The second-order valence-electron chi connectivity index (χ2n) is 5.62. The topological polar surface area (TPSA) is 17.1 Å². The number of carbonyl (C=O) groups excluding carboxylic acids is 1. The zero-order valence-electron chi connectivity index (χ0n) is 9.96. The normalized spacial score (nSPS) is 46.0. The van der Waals surface area contributed by atoms with Crippen molar-refractivity contribution >= 4 is 5.78 Å². The van der Waals surface area contributed by atoms with E-state index in [9.17, 15) is 4.79 Å². The Morgan fingerprint density at radius 3 is 2.80 bits per heavy atom. The van der Waals surface area contributed by atoms with Gasteiger partial charge in [0, 0.05) is 12.3 Å². The average molecular weight is 206 g/mol. The number of Topliss-reactive ketones (excluding diaryl/α,β-unsaturated/α-hetero) is 1. The van der Waals surface area contributed by atoms with Gasteiger partial charge in [-0.3, -0.25) is 4.79 Å². The molecule has 4 atom stereocenters. The first kappa shape index (κ1) is 10.9. The maximum atomic E-state index is 11.9. The van der Waals surface area contributed by atoms with Gasteiger partial charge < -0.3 is 0 Å². The van der Waals surface area contributed by atoms with Gasteiger partial charge in [-0.2, -0.15) is 0 Å². The van der Waals surface area contributed by atoms with Crippen molar-refractivity contribution in [2.45, 2.75) is 46.0 Å². The summed E-state index contributed by atoms with van der Waals surface area (Å²) in [6.45, 7) is 8.63. The van der Waals surface area contributed by atoms with Gasteiger partial charge in [-0.05, 0) is 42.9 Å². The fraction of sp³-hybridized carbons (Fsp3) is 0.786. The smallest absolute Gasteiger partial charge is 0.136 e. The highest BCUT2D eigenvalue weighted by atomic mass is 16.1. The summed E-state index contributed by atoms with van der Waals surface area (Å²) in [7, 11) is 0. The summed E-state index contributed by atoms with van der Waals surface area (Å²) in [5, 5.41) is 0. The van der Waals surface area contributed by atoms with Crippen LogP contribution < -0.4 is 0 Å². The van der Waals surface area contributed by atoms with Crippen LogP contribution in [-0.4, -0.2) is 5.78 Å². The lowest BCUT2D eigenvalue weighted by Crippen LogP contribution is -2.45. The van der Waals surface area contributed by atoms with Gasteiger partial charge in [0.25, 0.3) is 0 Å². The van der Waals surface area contributed by atoms with Crippen molar-refractivity contribution in [1.82, 2.24) is 0 Å². The van der Waals surface area contributed by atoms with Crippen molar-refractivity contribution in [1.29, 1.82) is 0 Å². The molecular weight excluding hydrogens is 184 g/mol. The molecule has 0 N–H and O–H groups in total. The molecule has 2 aliphatic carbocycles. The third-order valence-electron chi connectivity index (χ3n) is 5.05. The molecule has 0 saturated heterocycles. The van der Waals surface area contributed by atoms with E-state index in [4.69, 9.17) is 0 Å². The zero-order chi connectivity index (χ0) is 11.1. The lowest BCUT2D eigenvalue weighted by Gasteiger charge is -2.50. The molecule has 0 heterocycles. The molecular formula is C14H22O. The Labute approximate surface area is 92.9 Å². The Morgan fingerprint density at radius 2 is 2.13 bits per heavy atom. The Hall–Kier alpha value is -0.590. The third kappa shape index (κ3) is 1.56. The summed E-state index contributed by atoms with van der Waals surface area (Å²) in [6.07, 6.45) is 7.57. The third-order valence-corrected chi connectivity index (χ3v) is 5.05. The van der Waals surface area contributed by atoms with E-state index in [2.05, 4.69) is 26.5 Å². The lowest BCUT2D eigenvalue weighted by atomic mass is 9.54. The summed E-state index contributed by atoms with van der Waals surface area (Å²) >= 11 is 0. The van der Waals surface area contributed by atoms with E-state index < -0.39 is 0 Å². The number of fused-ring (bicyclic) bond motifs is 1. The summed E-state index contributed by atoms with van der Waals surface area (Å²) in [6, 6.07) is 0. The highest BCUT2D eigenvalue weighted by Gasteiger charge is 2.47. The molecule has 0 aromatic heterocycles. The fourth-order valence-electron chi connectivity index (χ4n) is 3.67. The number of hydrogen-bond acceptors (Lipinski definition) is 1. The van der Waals surface area contributed by atoms with Gasteiger partial charge in [-0.15, -0.1) is 6.58 Å². The van der Waals surface area contributed by atoms with Crippen LogP contribution in [0.25, 0.3) is 0 Å². The van der Waals surface area contributed by atoms with Crippen LogP contribution in [-0.2, 0) is 4.79 Å². The average Bonchev–Trinajstić information content (AvgIpc) is 2.24. The molecule has 0 unspecified atom stereocenters. The lowest BCUT2D eigenvalue weighted by molar-refractivity contribution is -0.132. The van der Waals surface area contributed by atoms with Crippen molar-refractivity contribution < 1.29 is 4.79 Å². The van der Waals surface area contributed by atoms with E-state index in [0.29, 0.717) is 23.5 Å². The molecule has 15 heavy (non-hydrogen) atoms. The summed E-state index contributed by atoms with van der Waals surface area (Å²) in [5.74, 6) is 2.12. The van der Waals surface area contributed by atoms with E-state index in [1.54, 1.807) is 0 Å². The first-order valence-electron chi connectivity index (χ1n) is 6.26. The van der Waals surface area contributed by atoms with Crippen LogP contribution in [0.2, 0.25) is 0 Å². The molecule has 1 heteroatoms. The Balaban J connectivity index is 2.29. The molecule has 0 bridgehead atoms. The van der Waals surface area contributed by atoms with E-state index in [-0.39, 0.29) is 5.41 Å². The number of carbonyl (C=O) groups is 1. The van der Waals surface area contributed by atoms with Crippen molar-refractivity contribution in [3.8, 4) is 0 Å². The van der Waals surface area contributed by atoms with Crippen LogP contribution in [0.1, 0.15) is 46.0 Å². The Kier molecular flexibility index (Phi) is 2.74. The molecule has 0 amide bonds. The monoisotopic (exact) mass is 206 g/mol. The SMILES string of the molecule is C=C[C@@]1(C)[C@H](C)CC[C@@H]2C(=O)CCC[C@H]21. The highest BCUT2D eigenvalue weighted by Crippen LogP contribution is 2.52. The van der Waals surface area contributed by atoms with Crippen LogP contribution in [0, 0.1) is 23.2 Å². The molecule has 0 radical (unpaired) electrons. The quantitative estimate of drug-likeness (QED) is 0.599. The maximum absolute atomic E-state index is 11.9. The van der Waals surface area contributed by atoms with E-state index in [1.807, 2.05) is 0 Å². The van der Waals surface area contributed by atoms with Crippen LogP contribution in [0.4, 0.5) is 0 Å². The minimum atomic E-state index is 0.193. The summed E-state index contributed by atoms with van der Waals surface area (Å²) in [5.41, 5.74) is 0.193. The largest absolute Gasteiger partial charge is 0.299 e. The minimum absolute atomic E-state index is 0.193. The van der Waals surface area contributed by atoms with Gasteiger partial charge in [-0.25, -0.2) is 0 Å². The van der Waals surface area contributed by atoms with Crippen LogP contribution >= 0.6 is 0 Å². The number of rotatable bonds is 1. The first-order chi connectivity index (χ1) is 7.09. The molecule has 0 spiro atoms. The molecule has 2 aliphatic rings. The number of ketones is 1. The standard InChI is InChI=1S/C14H22O/c1-4-14(3)10(2)8-9-11-12(14)6-5-7-13(11)15/h4,10-12H,1,5-9H2,2-3H3/t10-,11+,12-,14+/m1/s1. The molecule has 0 aliphatic heterocycles. The van der Waals surface area contributed by atoms with Crippen LogP contribution in [0.5, 0.6) is 0 Å². The Bertz CT molecular complexity index is 281. The first-order valence-corrected chi connectivity index (χ1v) is 6.26. The zero-order valence-corrected chi connectivity index (χ0v) is 9.96. The van der Waals surface area contributed by atoms with Crippen molar-refractivity contribution in [2.24, 2.45) is 23.2 Å². The second kappa shape index (κ2) is 3.77. The minimum Gasteiger partial charge on any atom is -0.299 e. The predicted octanol–water partition coefficient (Wildman–Crippen LogP) is 3.59. The van der Waals surface area contributed by atoms with Crippen molar-refractivity contribution in [3.05, 3.63) is 12.7 Å².